The first-order chi connectivity index (χ1) is 9.66. The molecule has 106 valence electrons. The SMILES string of the molecule is Clc1ccc(C2=NOC3(CN4CCC3CC4)N2)cc1Cl. The molecular weight excluding hydrogens is 297 g/mol. The number of benzene rings is 1. The van der Waals surface area contributed by atoms with Crippen molar-refractivity contribution in [3.8, 4) is 0 Å². The average molecular weight is 312 g/mol. The van der Waals surface area contributed by atoms with Crippen LogP contribution in [-0.2, 0) is 4.84 Å². The van der Waals surface area contributed by atoms with E-state index in [4.69, 9.17) is 28.0 Å². The van der Waals surface area contributed by atoms with Crippen molar-refractivity contribution in [1.29, 1.82) is 0 Å². The molecule has 0 aromatic heterocycles. The molecule has 1 aromatic rings. The molecule has 3 saturated heterocycles. The summed E-state index contributed by atoms with van der Waals surface area (Å²) in [5.41, 5.74) is 0.561. The van der Waals surface area contributed by atoms with Crippen molar-refractivity contribution in [3.63, 3.8) is 0 Å². The molecule has 5 rings (SSSR count). The highest BCUT2D eigenvalue weighted by Crippen LogP contribution is 2.39. The van der Waals surface area contributed by atoms with Gasteiger partial charge in [-0.15, -0.1) is 0 Å². The Hall–Kier alpha value is -0.970. The van der Waals surface area contributed by atoms with Gasteiger partial charge in [0.05, 0.1) is 16.6 Å². The van der Waals surface area contributed by atoms with Crippen molar-refractivity contribution in [2.75, 3.05) is 19.6 Å². The number of oxime groups is 1. The van der Waals surface area contributed by atoms with E-state index in [1.54, 1.807) is 6.07 Å². The van der Waals surface area contributed by atoms with Gasteiger partial charge in [0.25, 0.3) is 0 Å². The molecule has 4 aliphatic heterocycles. The van der Waals surface area contributed by atoms with Crippen molar-refractivity contribution < 1.29 is 4.84 Å². The second-order valence-electron chi connectivity index (χ2n) is 5.72. The summed E-state index contributed by atoms with van der Waals surface area (Å²) in [5, 5.41) is 8.81. The monoisotopic (exact) mass is 311 g/mol. The molecule has 1 N–H and O–H groups in total. The minimum atomic E-state index is -0.349. The zero-order valence-electron chi connectivity index (χ0n) is 10.9. The van der Waals surface area contributed by atoms with E-state index < -0.39 is 0 Å². The molecule has 4 nitrogen and oxygen atoms in total. The van der Waals surface area contributed by atoms with E-state index in [1.807, 2.05) is 12.1 Å². The summed E-state index contributed by atoms with van der Waals surface area (Å²) in [6.45, 7) is 3.23. The third-order valence-corrected chi connectivity index (χ3v) is 5.27. The Balaban J connectivity index is 1.59. The Morgan fingerprint density at radius 2 is 2.05 bits per heavy atom. The molecule has 0 saturated carbocycles. The van der Waals surface area contributed by atoms with Gasteiger partial charge in [-0.2, -0.15) is 0 Å². The van der Waals surface area contributed by atoms with E-state index >= 15 is 0 Å². The number of piperidine rings is 3. The first-order valence-corrected chi connectivity index (χ1v) is 7.64. The second-order valence-corrected chi connectivity index (χ2v) is 6.54. The minimum Gasteiger partial charge on any atom is -0.364 e. The third-order valence-electron chi connectivity index (χ3n) is 4.53. The standard InChI is InChI=1S/C14H15Cl2N3O/c15-11-2-1-9(7-12(11)16)13-17-14(20-18-13)8-19-5-3-10(14)4-6-19/h1-2,7,10H,3-6,8H2,(H,17,18). The molecule has 0 aliphatic carbocycles. The Kier molecular flexibility index (Phi) is 2.88. The fourth-order valence-corrected chi connectivity index (χ4v) is 3.70. The number of amidine groups is 1. The van der Waals surface area contributed by atoms with Crippen molar-refractivity contribution in [1.82, 2.24) is 10.2 Å². The molecule has 1 atom stereocenters. The van der Waals surface area contributed by atoms with Crippen LogP contribution in [0.4, 0.5) is 0 Å². The first kappa shape index (κ1) is 12.7. The summed E-state index contributed by atoms with van der Waals surface area (Å²) in [6, 6.07) is 5.51. The van der Waals surface area contributed by atoms with Crippen LogP contribution in [0.5, 0.6) is 0 Å². The van der Waals surface area contributed by atoms with Crippen LogP contribution in [0.3, 0.4) is 0 Å². The highest BCUT2D eigenvalue weighted by Gasteiger charge is 2.52. The van der Waals surface area contributed by atoms with Crippen LogP contribution in [0, 0.1) is 5.92 Å². The molecule has 0 amide bonds. The lowest BCUT2D eigenvalue weighted by molar-refractivity contribution is -0.148. The highest BCUT2D eigenvalue weighted by atomic mass is 35.5. The number of hydrogen-bond donors (Lipinski definition) is 1. The lowest BCUT2D eigenvalue weighted by atomic mass is 9.81. The Labute approximate surface area is 127 Å². The van der Waals surface area contributed by atoms with Gasteiger partial charge in [-0.1, -0.05) is 28.4 Å². The molecular formula is C14H15Cl2N3O. The van der Waals surface area contributed by atoms with E-state index in [9.17, 15) is 0 Å². The van der Waals surface area contributed by atoms with Gasteiger partial charge < -0.3 is 10.2 Å². The predicted molar refractivity (Wildman–Crippen MR) is 79.1 cm³/mol. The van der Waals surface area contributed by atoms with Gasteiger partial charge in [-0.05, 0) is 44.1 Å². The fourth-order valence-electron chi connectivity index (χ4n) is 3.41. The lowest BCUT2D eigenvalue weighted by Gasteiger charge is -2.49. The maximum atomic E-state index is 6.07. The highest BCUT2D eigenvalue weighted by molar-refractivity contribution is 6.42. The van der Waals surface area contributed by atoms with Crippen molar-refractivity contribution >= 4 is 29.0 Å². The molecule has 0 radical (unpaired) electrons. The molecule has 3 fully saturated rings. The number of nitrogens with one attached hydrogen (secondary N) is 1. The fraction of sp³-hybridized carbons (Fsp3) is 0.500. The van der Waals surface area contributed by atoms with Crippen molar-refractivity contribution in [3.05, 3.63) is 33.8 Å². The molecule has 1 unspecified atom stereocenters. The average Bonchev–Trinajstić information content (AvgIpc) is 2.87. The zero-order valence-corrected chi connectivity index (χ0v) is 12.4. The summed E-state index contributed by atoms with van der Waals surface area (Å²) >= 11 is 12.0. The van der Waals surface area contributed by atoms with E-state index in [1.165, 1.54) is 13.1 Å². The summed E-state index contributed by atoms with van der Waals surface area (Å²) in [6.07, 6.45) is 2.33. The zero-order chi connectivity index (χ0) is 13.7. The van der Waals surface area contributed by atoms with Crippen LogP contribution in [0.25, 0.3) is 0 Å². The third kappa shape index (κ3) is 1.90. The van der Waals surface area contributed by atoms with Crippen LogP contribution in [0.15, 0.2) is 23.4 Å². The molecule has 6 heteroatoms. The topological polar surface area (TPSA) is 36.9 Å². The quantitative estimate of drug-likeness (QED) is 0.866. The number of halogens is 2. The van der Waals surface area contributed by atoms with Gasteiger partial charge in [0.2, 0.25) is 5.72 Å². The normalized spacial score (nSPS) is 34.8. The van der Waals surface area contributed by atoms with Crippen LogP contribution in [0.1, 0.15) is 18.4 Å². The predicted octanol–water partition coefficient (Wildman–Crippen LogP) is 2.70. The molecule has 1 spiro atoms. The van der Waals surface area contributed by atoms with Crippen molar-refractivity contribution in [2.45, 2.75) is 18.6 Å². The van der Waals surface area contributed by atoms with E-state index in [-0.39, 0.29) is 5.72 Å². The number of hydrogen-bond acceptors (Lipinski definition) is 4. The first-order valence-electron chi connectivity index (χ1n) is 6.88. The van der Waals surface area contributed by atoms with Gasteiger partial charge in [0.15, 0.2) is 5.84 Å². The van der Waals surface area contributed by atoms with Gasteiger partial charge in [0, 0.05) is 11.5 Å². The van der Waals surface area contributed by atoms with Crippen LogP contribution in [-0.4, -0.2) is 36.1 Å². The van der Waals surface area contributed by atoms with Gasteiger partial charge in [-0.25, -0.2) is 0 Å². The smallest absolute Gasteiger partial charge is 0.224 e. The Bertz CT molecular complexity index is 584. The molecule has 1 aromatic carbocycles. The van der Waals surface area contributed by atoms with E-state index in [0.717, 1.165) is 30.8 Å². The maximum absolute atomic E-state index is 6.07. The Morgan fingerprint density at radius 3 is 2.70 bits per heavy atom. The summed E-state index contributed by atoms with van der Waals surface area (Å²) < 4.78 is 0. The van der Waals surface area contributed by atoms with Crippen LogP contribution >= 0.6 is 23.2 Å². The molecule has 4 aliphatic rings. The van der Waals surface area contributed by atoms with Gasteiger partial charge >= 0.3 is 0 Å². The molecule has 2 bridgehead atoms. The van der Waals surface area contributed by atoms with Gasteiger partial charge in [0.1, 0.15) is 0 Å². The minimum absolute atomic E-state index is 0.349. The maximum Gasteiger partial charge on any atom is 0.224 e. The molecule has 20 heavy (non-hydrogen) atoms. The largest absolute Gasteiger partial charge is 0.364 e. The number of rotatable bonds is 1. The van der Waals surface area contributed by atoms with Gasteiger partial charge in [-0.3, -0.25) is 4.90 Å². The van der Waals surface area contributed by atoms with Crippen LogP contribution in [0.2, 0.25) is 10.0 Å². The number of fused-ring (bicyclic) bond motifs is 2. The Morgan fingerprint density at radius 1 is 1.25 bits per heavy atom. The lowest BCUT2D eigenvalue weighted by Crippen LogP contribution is -2.65. The summed E-state index contributed by atoms with van der Waals surface area (Å²) in [4.78, 5) is 8.24. The second kappa shape index (κ2) is 4.52. The van der Waals surface area contributed by atoms with E-state index in [0.29, 0.717) is 16.0 Å². The van der Waals surface area contributed by atoms with E-state index in [2.05, 4.69) is 15.4 Å². The summed E-state index contributed by atoms with van der Waals surface area (Å²) in [5.74, 6) is 1.27. The summed E-state index contributed by atoms with van der Waals surface area (Å²) in [7, 11) is 0. The van der Waals surface area contributed by atoms with Crippen LogP contribution < -0.4 is 5.32 Å². The van der Waals surface area contributed by atoms with Crippen molar-refractivity contribution in [2.24, 2.45) is 11.1 Å². The number of nitrogens with zero attached hydrogens (tertiary/aromatic N) is 2. The molecule has 4 heterocycles.